The van der Waals surface area contributed by atoms with Crippen molar-refractivity contribution in [2.75, 3.05) is 12.0 Å². The van der Waals surface area contributed by atoms with Gasteiger partial charge in [0.2, 0.25) is 5.91 Å². The van der Waals surface area contributed by atoms with Crippen LogP contribution in [0.2, 0.25) is 0 Å². The van der Waals surface area contributed by atoms with Crippen LogP contribution in [0.25, 0.3) is 0 Å². The highest BCUT2D eigenvalue weighted by Crippen LogP contribution is 2.18. The lowest BCUT2D eigenvalue weighted by Gasteiger charge is -2.09. The smallest absolute Gasteiger partial charge is 0.251 e. The van der Waals surface area contributed by atoms with Crippen LogP contribution in [-0.4, -0.2) is 24.4 Å². The summed E-state index contributed by atoms with van der Waals surface area (Å²) in [6.45, 7) is 2.35. The van der Waals surface area contributed by atoms with Gasteiger partial charge in [-0.05, 0) is 49.9 Å². The molecule has 1 aliphatic rings. The number of carbonyl (C=O) groups is 2. The normalized spacial score (nSPS) is 13.6. The van der Waals surface area contributed by atoms with Crippen LogP contribution in [0.3, 0.4) is 0 Å². The van der Waals surface area contributed by atoms with E-state index in [1.807, 2.05) is 13.0 Å². The minimum absolute atomic E-state index is 0.0707. The first kappa shape index (κ1) is 15.3. The molecule has 1 aromatic rings. The van der Waals surface area contributed by atoms with Gasteiger partial charge in [0.1, 0.15) is 0 Å². The van der Waals surface area contributed by atoms with E-state index in [0.29, 0.717) is 31.0 Å². The number of nitrogens with two attached hydrogens (primary N) is 1. The Morgan fingerprint density at radius 3 is 2.71 bits per heavy atom. The fourth-order valence-corrected chi connectivity index (χ4v) is 2.08. The van der Waals surface area contributed by atoms with Gasteiger partial charge in [-0.3, -0.25) is 15.4 Å². The number of nitrogen functional groups attached to an aromatic ring is 1. The summed E-state index contributed by atoms with van der Waals surface area (Å²) >= 11 is 0. The number of nitrogens with one attached hydrogen (secondary N) is 3. The highest BCUT2D eigenvalue weighted by Gasteiger charge is 2.22. The SMILES string of the molecule is Cc1cc(NN)ccc1C(=O)NCCCC(=O)NC1CC1. The number of hydrazine groups is 1. The first-order valence-corrected chi connectivity index (χ1v) is 7.25. The van der Waals surface area contributed by atoms with E-state index in [9.17, 15) is 9.59 Å². The molecule has 0 spiro atoms. The van der Waals surface area contributed by atoms with E-state index in [1.165, 1.54) is 0 Å². The van der Waals surface area contributed by atoms with Gasteiger partial charge in [0.15, 0.2) is 0 Å². The number of carbonyl (C=O) groups excluding carboxylic acids is 2. The number of benzene rings is 1. The highest BCUT2D eigenvalue weighted by atomic mass is 16.2. The van der Waals surface area contributed by atoms with Gasteiger partial charge in [-0.25, -0.2) is 0 Å². The quantitative estimate of drug-likeness (QED) is 0.343. The molecule has 0 saturated heterocycles. The van der Waals surface area contributed by atoms with E-state index < -0.39 is 0 Å². The molecule has 21 heavy (non-hydrogen) atoms. The minimum atomic E-state index is -0.126. The number of aryl methyl sites for hydroxylation is 1. The van der Waals surface area contributed by atoms with E-state index >= 15 is 0 Å². The second-order valence-corrected chi connectivity index (χ2v) is 5.38. The van der Waals surface area contributed by atoms with Crippen LogP contribution in [0.15, 0.2) is 18.2 Å². The van der Waals surface area contributed by atoms with E-state index in [0.717, 1.165) is 24.1 Å². The van der Waals surface area contributed by atoms with Gasteiger partial charge in [-0.2, -0.15) is 0 Å². The third kappa shape index (κ3) is 4.75. The molecule has 2 rings (SSSR count). The molecule has 0 aliphatic heterocycles. The number of rotatable bonds is 7. The van der Waals surface area contributed by atoms with Gasteiger partial charge in [-0.1, -0.05) is 0 Å². The molecule has 6 heteroatoms. The molecule has 6 nitrogen and oxygen atoms in total. The Morgan fingerprint density at radius 2 is 2.10 bits per heavy atom. The second kappa shape index (κ2) is 7.08. The molecule has 0 heterocycles. The predicted octanol–water partition coefficient (Wildman–Crippen LogP) is 1.07. The molecule has 1 aliphatic carbocycles. The summed E-state index contributed by atoms with van der Waals surface area (Å²) in [6.07, 6.45) is 3.28. The molecule has 0 radical (unpaired) electrons. The lowest BCUT2D eigenvalue weighted by molar-refractivity contribution is -0.121. The molecular weight excluding hydrogens is 268 g/mol. The first-order chi connectivity index (χ1) is 10.1. The molecule has 5 N–H and O–H groups in total. The Labute approximate surface area is 124 Å². The summed E-state index contributed by atoms with van der Waals surface area (Å²) in [7, 11) is 0. The zero-order chi connectivity index (χ0) is 15.2. The van der Waals surface area contributed by atoms with Crippen molar-refractivity contribution in [3.63, 3.8) is 0 Å². The minimum Gasteiger partial charge on any atom is -0.353 e. The predicted molar refractivity (Wildman–Crippen MR) is 81.7 cm³/mol. The summed E-state index contributed by atoms with van der Waals surface area (Å²) in [6, 6.07) is 5.70. The van der Waals surface area contributed by atoms with Gasteiger partial charge in [0, 0.05) is 30.3 Å². The molecule has 1 aromatic carbocycles. The molecule has 1 fully saturated rings. The van der Waals surface area contributed by atoms with Crippen molar-refractivity contribution in [2.24, 2.45) is 5.84 Å². The van der Waals surface area contributed by atoms with E-state index in [-0.39, 0.29) is 11.8 Å². The third-order valence-electron chi connectivity index (χ3n) is 3.45. The van der Waals surface area contributed by atoms with Crippen molar-refractivity contribution >= 4 is 17.5 Å². The zero-order valence-electron chi connectivity index (χ0n) is 12.2. The summed E-state index contributed by atoms with van der Waals surface area (Å²) in [5.41, 5.74) is 4.79. The van der Waals surface area contributed by atoms with Crippen molar-refractivity contribution < 1.29 is 9.59 Å². The third-order valence-corrected chi connectivity index (χ3v) is 3.45. The Bertz CT molecular complexity index is 526. The Hall–Kier alpha value is -2.08. The molecule has 0 bridgehead atoms. The lowest BCUT2D eigenvalue weighted by Crippen LogP contribution is -2.28. The summed E-state index contributed by atoms with van der Waals surface area (Å²) < 4.78 is 0. The van der Waals surface area contributed by atoms with Crippen molar-refractivity contribution in [1.82, 2.24) is 10.6 Å². The van der Waals surface area contributed by atoms with Crippen LogP contribution in [-0.2, 0) is 4.79 Å². The molecule has 0 unspecified atom stereocenters. The number of anilines is 1. The number of amides is 2. The Balaban J connectivity index is 1.72. The zero-order valence-corrected chi connectivity index (χ0v) is 12.2. The van der Waals surface area contributed by atoms with Gasteiger partial charge in [-0.15, -0.1) is 0 Å². The molecule has 1 saturated carbocycles. The highest BCUT2D eigenvalue weighted by molar-refractivity contribution is 5.96. The monoisotopic (exact) mass is 290 g/mol. The topological polar surface area (TPSA) is 96.2 Å². The van der Waals surface area contributed by atoms with Crippen LogP contribution in [0.1, 0.15) is 41.6 Å². The summed E-state index contributed by atoms with van der Waals surface area (Å²) in [4.78, 5) is 23.5. The average molecular weight is 290 g/mol. The maximum atomic E-state index is 12.0. The maximum absolute atomic E-state index is 12.0. The first-order valence-electron chi connectivity index (χ1n) is 7.25. The van der Waals surface area contributed by atoms with Gasteiger partial charge in [0.25, 0.3) is 5.91 Å². The summed E-state index contributed by atoms with van der Waals surface area (Å²) in [5.74, 6) is 5.27. The summed E-state index contributed by atoms with van der Waals surface area (Å²) in [5, 5.41) is 5.76. The van der Waals surface area contributed by atoms with Crippen LogP contribution < -0.4 is 21.9 Å². The number of hydrogen-bond donors (Lipinski definition) is 4. The van der Waals surface area contributed by atoms with E-state index in [1.54, 1.807) is 12.1 Å². The Morgan fingerprint density at radius 1 is 1.33 bits per heavy atom. The second-order valence-electron chi connectivity index (χ2n) is 5.38. The van der Waals surface area contributed by atoms with Crippen molar-refractivity contribution in [1.29, 1.82) is 0 Å². The average Bonchev–Trinajstić information content (AvgIpc) is 3.27. The maximum Gasteiger partial charge on any atom is 0.251 e. The van der Waals surface area contributed by atoms with Crippen LogP contribution in [0.5, 0.6) is 0 Å². The molecule has 0 aromatic heterocycles. The largest absolute Gasteiger partial charge is 0.353 e. The fourth-order valence-electron chi connectivity index (χ4n) is 2.08. The van der Waals surface area contributed by atoms with Gasteiger partial charge < -0.3 is 16.1 Å². The van der Waals surface area contributed by atoms with Crippen molar-refractivity contribution in [3.8, 4) is 0 Å². The van der Waals surface area contributed by atoms with E-state index in [2.05, 4.69) is 16.1 Å². The standard InChI is InChI=1S/C15H22N4O2/c1-10-9-12(19-16)6-7-13(10)15(21)17-8-2-3-14(20)18-11-4-5-11/h6-7,9,11,19H,2-5,8,16H2,1H3,(H,17,21)(H,18,20). The van der Waals surface area contributed by atoms with Crippen molar-refractivity contribution in [2.45, 2.75) is 38.6 Å². The van der Waals surface area contributed by atoms with Crippen LogP contribution in [0.4, 0.5) is 5.69 Å². The number of hydrogen-bond acceptors (Lipinski definition) is 4. The van der Waals surface area contributed by atoms with Gasteiger partial charge in [0.05, 0.1) is 0 Å². The molecular formula is C15H22N4O2. The fraction of sp³-hybridized carbons (Fsp3) is 0.467. The van der Waals surface area contributed by atoms with Crippen LogP contribution in [0, 0.1) is 6.92 Å². The lowest BCUT2D eigenvalue weighted by atomic mass is 10.1. The van der Waals surface area contributed by atoms with E-state index in [4.69, 9.17) is 5.84 Å². The van der Waals surface area contributed by atoms with Crippen molar-refractivity contribution in [3.05, 3.63) is 29.3 Å². The Kier molecular flexibility index (Phi) is 5.16. The van der Waals surface area contributed by atoms with Crippen LogP contribution >= 0.6 is 0 Å². The molecule has 0 atom stereocenters. The molecule has 114 valence electrons. The molecule has 2 amide bonds. The van der Waals surface area contributed by atoms with Gasteiger partial charge >= 0.3 is 0 Å².